The van der Waals surface area contributed by atoms with E-state index >= 15 is 0 Å². The first-order chi connectivity index (χ1) is 14.3. The number of aromatic nitrogens is 1. The molecule has 0 atom stereocenters. The van der Waals surface area contributed by atoms with Gasteiger partial charge in [0, 0.05) is 17.3 Å². The van der Waals surface area contributed by atoms with Gasteiger partial charge in [-0.3, -0.25) is 4.98 Å². The highest BCUT2D eigenvalue weighted by Gasteiger charge is 2.19. The van der Waals surface area contributed by atoms with Gasteiger partial charge in [-0.25, -0.2) is 14.4 Å². The summed E-state index contributed by atoms with van der Waals surface area (Å²) in [4.78, 5) is 40.2. The third-order valence-corrected chi connectivity index (χ3v) is 4.53. The molecule has 0 aliphatic heterocycles. The molecule has 0 saturated carbocycles. The van der Waals surface area contributed by atoms with Gasteiger partial charge < -0.3 is 19.9 Å². The summed E-state index contributed by atoms with van der Waals surface area (Å²) in [6, 6.07) is 9.42. The van der Waals surface area contributed by atoms with E-state index in [4.69, 9.17) is 9.47 Å². The molecular formula is C22H20N2O6. The van der Waals surface area contributed by atoms with Gasteiger partial charge in [0.1, 0.15) is 5.56 Å². The smallest absolute Gasteiger partial charge is 0.341 e. The number of nitrogens with zero attached hydrogens (tertiary/aromatic N) is 1. The summed E-state index contributed by atoms with van der Waals surface area (Å²) in [6.07, 6.45) is 1.39. The first-order valence-corrected chi connectivity index (χ1v) is 9.14. The van der Waals surface area contributed by atoms with Crippen LogP contribution < -0.4 is 5.32 Å². The van der Waals surface area contributed by atoms with Gasteiger partial charge in [-0.1, -0.05) is 6.07 Å². The van der Waals surface area contributed by atoms with Crippen LogP contribution >= 0.6 is 0 Å². The Balaban J connectivity index is 2.24. The van der Waals surface area contributed by atoms with E-state index in [1.165, 1.54) is 25.4 Å². The average Bonchev–Trinajstić information content (AvgIpc) is 2.74. The lowest BCUT2D eigenvalue weighted by molar-refractivity contribution is 0.0526. The molecule has 3 aromatic rings. The predicted molar refractivity (Wildman–Crippen MR) is 110 cm³/mol. The summed E-state index contributed by atoms with van der Waals surface area (Å²) >= 11 is 0. The number of carbonyl (C=O) groups excluding carboxylic acids is 2. The Morgan fingerprint density at radius 1 is 1.07 bits per heavy atom. The first kappa shape index (κ1) is 20.8. The van der Waals surface area contributed by atoms with Crippen LogP contribution in [0.1, 0.15) is 43.6 Å². The van der Waals surface area contributed by atoms with Gasteiger partial charge >= 0.3 is 17.9 Å². The highest BCUT2D eigenvalue weighted by molar-refractivity contribution is 6.08. The lowest BCUT2D eigenvalue weighted by Crippen LogP contribution is -2.10. The molecule has 0 radical (unpaired) electrons. The van der Waals surface area contributed by atoms with E-state index in [9.17, 15) is 19.5 Å². The van der Waals surface area contributed by atoms with Gasteiger partial charge in [0.2, 0.25) is 0 Å². The number of hydrogen-bond donors (Lipinski definition) is 2. The largest absolute Gasteiger partial charge is 0.478 e. The summed E-state index contributed by atoms with van der Waals surface area (Å²) in [5.74, 6) is -2.20. The number of benzene rings is 2. The predicted octanol–water partition coefficient (Wildman–Crippen LogP) is 3.95. The lowest BCUT2D eigenvalue weighted by Gasteiger charge is -2.16. The molecule has 0 aliphatic rings. The van der Waals surface area contributed by atoms with Crippen molar-refractivity contribution in [3.8, 4) is 0 Å². The number of nitrogens with one attached hydrogen (secondary N) is 1. The van der Waals surface area contributed by atoms with E-state index in [1.807, 2.05) is 0 Å². The Hall–Kier alpha value is -3.94. The summed E-state index contributed by atoms with van der Waals surface area (Å²) in [5.41, 5.74) is 2.69. The SMILES string of the molecule is CCOC(=O)c1cnc2ccc(C(=O)OC)cc2c1Nc1cc(C(=O)O)ccc1C. The second-order valence-electron chi connectivity index (χ2n) is 6.45. The second-order valence-corrected chi connectivity index (χ2v) is 6.45. The summed E-state index contributed by atoms with van der Waals surface area (Å²) in [5, 5.41) is 12.9. The molecule has 2 aromatic carbocycles. The number of rotatable bonds is 6. The second kappa shape index (κ2) is 8.60. The molecule has 0 aliphatic carbocycles. The van der Waals surface area contributed by atoms with Crippen LogP contribution in [0.2, 0.25) is 0 Å². The first-order valence-electron chi connectivity index (χ1n) is 9.14. The molecule has 0 saturated heterocycles. The number of esters is 2. The van der Waals surface area contributed by atoms with Crippen molar-refractivity contribution in [2.75, 3.05) is 19.0 Å². The fraction of sp³-hybridized carbons (Fsp3) is 0.182. The van der Waals surface area contributed by atoms with Crippen molar-refractivity contribution in [2.45, 2.75) is 13.8 Å². The summed E-state index contributed by atoms with van der Waals surface area (Å²) < 4.78 is 9.93. The van der Waals surface area contributed by atoms with Crippen LogP contribution in [-0.4, -0.2) is 41.7 Å². The number of carbonyl (C=O) groups is 3. The number of fused-ring (bicyclic) bond motifs is 1. The number of aryl methyl sites for hydroxylation is 1. The zero-order chi connectivity index (χ0) is 21.8. The molecule has 0 fully saturated rings. The molecule has 1 heterocycles. The number of aromatic carboxylic acids is 1. The van der Waals surface area contributed by atoms with Crippen LogP contribution in [-0.2, 0) is 9.47 Å². The minimum atomic E-state index is -1.07. The zero-order valence-electron chi connectivity index (χ0n) is 16.7. The summed E-state index contributed by atoms with van der Waals surface area (Å²) in [6.45, 7) is 3.67. The quantitative estimate of drug-likeness (QED) is 0.589. The fourth-order valence-electron chi connectivity index (χ4n) is 2.96. The molecule has 30 heavy (non-hydrogen) atoms. The van der Waals surface area contributed by atoms with Crippen molar-refractivity contribution in [1.82, 2.24) is 4.98 Å². The Morgan fingerprint density at radius 2 is 1.80 bits per heavy atom. The number of pyridine rings is 1. The van der Waals surface area contributed by atoms with Crippen molar-refractivity contribution in [2.24, 2.45) is 0 Å². The van der Waals surface area contributed by atoms with E-state index in [2.05, 4.69) is 10.3 Å². The number of ether oxygens (including phenoxy) is 2. The normalized spacial score (nSPS) is 10.5. The van der Waals surface area contributed by atoms with E-state index in [0.717, 1.165) is 5.56 Å². The molecule has 0 unspecified atom stereocenters. The molecular weight excluding hydrogens is 388 g/mol. The Labute approximate surface area is 172 Å². The molecule has 3 rings (SSSR count). The summed E-state index contributed by atoms with van der Waals surface area (Å²) in [7, 11) is 1.28. The third-order valence-electron chi connectivity index (χ3n) is 4.53. The van der Waals surface area contributed by atoms with Crippen molar-refractivity contribution < 1.29 is 29.0 Å². The van der Waals surface area contributed by atoms with Gasteiger partial charge in [-0.05, 0) is 49.7 Å². The third kappa shape index (κ3) is 4.07. The highest BCUT2D eigenvalue weighted by atomic mass is 16.5. The monoisotopic (exact) mass is 408 g/mol. The molecule has 2 N–H and O–H groups in total. The molecule has 0 bridgehead atoms. The van der Waals surface area contributed by atoms with Crippen molar-refractivity contribution >= 4 is 40.2 Å². The van der Waals surface area contributed by atoms with Crippen LogP contribution in [0.3, 0.4) is 0 Å². The van der Waals surface area contributed by atoms with E-state index in [-0.39, 0.29) is 23.3 Å². The minimum absolute atomic E-state index is 0.0920. The zero-order valence-corrected chi connectivity index (χ0v) is 16.7. The van der Waals surface area contributed by atoms with Crippen LogP contribution in [0, 0.1) is 6.92 Å². The lowest BCUT2D eigenvalue weighted by atomic mass is 10.0. The van der Waals surface area contributed by atoms with Gasteiger partial charge in [0.15, 0.2) is 0 Å². The Bertz CT molecular complexity index is 1160. The number of methoxy groups -OCH3 is 1. The van der Waals surface area contributed by atoms with Crippen LogP contribution in [0.4, 0.5) is 11.4 Å². The Morgan fingerprint density at radius 3 is 2.47 bits per heavy atom. The maximum absolute atomic E-state index is 12.5. The van der Waals surface area contributed by atoms with Gasteiger partial charge in [-0.2, -0.15) is 0 Å². The van der Waals surface area contributed by atoms with Crippen molar-refractivity contribution in [1.29, 1.82) is 0 Å². The van der Waals surface area contributed by atoms with Crippen molar-refractivity contribution in [3.63, 3.8) is 0 Å². The van der Waals surface area contributed by atoms with E-state index < -0.39 is 17.9 Å². The highest BCUT2D eigenvalue weighted by Crippen LogP contribution is 2.32. The van der Waals surface area contributed by atoms with Gasteiger partial charge in [0.25, 0.3) is 0 Å². The number of carboxylic acids is 1. The number of carboxylic acid groups (broad SMARTS) is 1. The number of anilines is 2. The fourth-order valence-corrected chi connectivity index (χ4v) is 2.96. The standard InChI is InChI=1S/C22H20N2O6/c1-4-30-22(28)16-11-23-17-8-7-14(21(27)29-3)9-15(17)19(16)24-18-10-13(20(25)26)6-5-12(18)2/h5-11H,4H2,1-3H3,(H,23,24)(H,25,26). The molecule has 8 nitrogen and oxygen atoms in total. The molecule has 154 valence electrons. The van der Waals surface area contributed by atoms with E-state index in [0.29, 0.717) is 22.3 Å². The molecule has 8 heteroatoms. The minimum Gasteiger partial charge on any atom is -0.478 e. The average molecular weight is 408 g/mol. The van der Waals surface area contributed by atoms with Crippen molar-refractivity contribution in [3.05, 3.63) is 64.8 Å². The number of hydrogen-bond acceptors (Lipinski definition) is 7. The van der Waals surface area contributed by atoms with Crippen LogP contribution in [0.25, 0.3) is 10.9 Å². The van der Waals surface area contributed by atoms with Crippen LogP contribution in [0.5, 0.6) is 0 Å². The molecule has 0 amide bonds. The maximum Gasteiger partial charge on any atom is 0.341 e. The van der Waals surface area contributed by atoms with Crippen LogP contribution in [0.15, 0.2) is 42.6 Å². The maximum atomic E-state index is 12.5. The van der Waals surface area contributed by atoms with Gasteiger partial charge in [-0.15, -0.1) is 0 Å². The Kier molecular flexibility index (Phi) is 5.96. The molecule has 0 spiro atoms. The molecule has 1 aromatic heterocycles. The van der Waals surface area contributed by atoms with E-state index in [1.54, 1.807) is 38.1 Å². The van der Waals surface area contributed by atoms with Gasteiger partial charge in [0.05, 0.1) is 36.0 Å². The topological polar surface area (TPSA) is 115 Å².